The molecule has 0 aliphatic carbocycles. The van der Waals surface area contributed by atoms with E-state index in [4.69, 9.17) is 4.74 Å². The summed E-state index contributed by atoms with van der Waals surface area (Å²) in [7, 11) is 1.58. The zero-order valence-corrected chi connectivity index (χ0v) is 13.5. The van der Waals surface area contributed by atoms with Gasteiger partial charge in [0.2, 0.25) is 5.91 Å². The van der Waals surface area contributed by atoms with Gasteiger partial charge in [0, 0.05) is 31.0 Å². The summed E-state index contributed by atoms with van der Waals surface area (Å²) in [5.74, 6) is -0.398. The third kappa shape index (κ3) is 5.70. The molecule has 0 saturated heterocycles. The molecule has 2 N–H and O–H groups in total. The number of carbonyl (C=O) groups is 2. The van der Waals surface area contributed by atoms with Gasteiger partial charge < -0.3 is 15.4 Å². The van der Waals surface area contributed by atoms with Crippen molar-refractivity contribution in [1.29, 1.82) is 0 Å². The predicted molar refractivity (Wildman–Crippen MR) is 94.8 cm³/mol. The van der Waals surface area contributed by atoms with Crippen molar-refractivity contribution in [3.63, 3.8) is 0 Å². The lowest BCUT2D eigenvalue weighted by Gasteiger charge is -2.06. The summed E-state index contributed by atoms with van der Waals surface area (Å²) >= 11 is 0. The molecular formula is C19H20N2O3. The van der Waals surface area contributed by atoms with E-state index in [9.17, 15) is 9.59 Å². The van der Waals surface area contributed by atoms with Crippen LogP contribution in [0.15, 0.2) is 60.7 Å². The van der Waals surface area contributed by atoms with Crippen molar-refractivity contribution in [3.05, 3.63) is 71.8 Å². The van der Waals surface area contributed by atoms with E-state index in [0.717, 1.165) is 5.56 Å². The molecule has 2 aromatic rings. The number of anilines is 1. The normalized spacial score (nSPS) is 10.5. The molecule has 5 heteroatoms. The highest BCUT2D eigenvalue weighted by Crippen LogP contribution is 2.10. The fourth-order valence-corrected chi connectivity index (χ4v) is 1.99. The largest absolute Gasteiger partial charge is 0.383 e. The zero-order chi connectivity index (χ0) is 17.2. The van der Waals surface area contributed by atoms with Gasteiger partial charge in [0.25, 0.3) is 5.91 Å². The van der Waals surface area contributed by atoms with Crippen molar-refractivity contribution in [1.82, 2.24) is 5.32 Å². The summed E-state index contributed by atoms with van der Waals surface area (Å²) in [6.45, 7) is 0.922. The van der Waals surface area contributed by atoms with Crippen LogP contribution in [0, 0.1) is 0 Å². The number of hydrogen-bond acceptors (Lipinski definition) is 3. The molecule has 0 heterocycles. The summed E-state index contributed by atoms with van der Waals surface area (Å²) in [5.41, 5.74) is 2.12. The van der Waals surface area contributed by atoms with Crippen LogP contribution < -0.4 is 10.6 Å². The first-order chi connectivity index (χ1) is 11.7. The van der Waals surface area contributed by atoms with Crippen LogP contribution in [0.2, 0.25) is 0 Å². The summed E-state index contributed by atoms with van der Waals surface area (Å²) in [4.78, 5) is 23.7. The van der Waals surface area contributed by atoms with Gasteiger partial charge in [-0.3, -0.25) is 9.59 Å². The van der Waals surface area contributed by atoms with Gasteiger partial charge >= 0.3 is 0 Å². The van der Waals surface area contributed by atoms with Crippen molar-refractivity contribution in [2.24, 2.45) is 0 Å². The first-order valence-corrected chi connectivity index (χ1v) is 7.60. The Bertz CT molecular complexity index is 694. The minimum absolute atomic E-state index is 0.172. The molecule has 0 aromatic heterocycles. The second-order valence-electron chi connectivity index (χ2n) is 5.06. The zero-order valence-electron chi connectivity index (χ0n) is 13.5. The molecule has 0 atom stereocenters. The summed E-state index contributed by atoms with van der Waals surface area (Å²) in [5, 5.41) is 5.49. The monoisotopic (exact) mass is 324 g/mol. The second kappa shape index (κ2) is 9.27. The van der Waals surface area contributed by atoms with E-state index in [1.54, 1.807) is 37.5 Å². The van der Waals surface area contributed by atoms with E-state index in [1.807, 2.05) is 30.3 Å². The van der Waals surface area contributed by atoms with E-state index in [-0.39, 0.29) is 11.8 Å². The summed E-state index contributed by atoms with van der Waals surface area (Å²) in [6.07, 6.45) is 3.22. The molecule has 5 nitrogen and oxygen atoms in total. The van der Waals surface area contributed by atoms with Crippen molar-refractivity contribution >= 4 is 23.6 Å². The Morgan fingerprint density at radius 3 is 2.42 bits per heavy atom. The topological polar surface area (TPSA) is 67.4 Å². The second-order valence-corrected chi connectivity index (χ2v) is 5.06. The molecule has 0 aliphatic rings. The Labute approximate surface area is 141 Å². The molecule has 2 amide bonds. The van der Waals surface area contributed by atoms with Gasteiger partial charge in [0.1, 0.15) is 0 Å². The molecule has 2 aromatic carbocycles. The Balaban J connectivity index is 1.88. The van der Waals surface area contributed by atoms with Crippen LogP contribution in [0.4, 0.5) is 5.69 Å². The third-order valence-electron chi connectivity index (χ3n) is 3.23. The molecule has 24 heavy (non-hydrogen) atoms. The fraction of sp³-hybridized carbons (Fsp3) is 0.158. The lowest BCUT2D eigenvalue weighted by atomic mass is 10.2. The van der Waals surface area contributed by atoms with Gasteiger partial charge in [-0.1, -0.05) is 30.3 Å². The third-order valence-corrected chi connectivity index (χ3v) is 3.23. The van der Waals surface area contributed by atoms with E-state index < -0.39 is 0 Å². The maximum atomic E-state index is 11.9. The standard InChI is InChI=1S/C19H20N2O3/c1-24-14-13-20-19(23)16-8-10-17(11-9-16)21-18(22)12-7-15-5-3-2-4-6-15/h2-12H,13-14H2,1H3,(H,20,23)(H,21,22)/b12-7+. The Kier molecular flexibility index (Phi) is 6.73. The number of methoxy groups -OCH3 is 1. The number of nitrogens with one attached hydrogen (secondary N) is 2. The van der Waals surface area contributed by atoms with Gasteiger partial charge in [0.15, 0.2) is 0 Å². The first-order valence-electron chi connectivity index (χ1n) is 7.60. The number of benzene rings is 2. The van der Waals surface area contributed by atoms with Crippen molar-refractivity contribution in [2.75, 3.05) is 25.6 Å². The fourth-order valence-electron chi connectivity index (χ4n) is 1.99. The van der Waals surface area contributed by atoms with Crippen LogP contribution in [0.5, 0.6) is 0 Å². The molecule has 2 rings (SSSR count). The van der Waals surface area contributed by atoms with Crippen LogP contribution in [0.3, 0.4) is 0 Å². The van der Waals surface area contributed by atoms with E-state index >= 15 is 0 Å². The minimum atomic E-state index is -0.226. The number of hydrogen-bond donors (Lipinski definition) is 2. The maximum Gasteiger partial charge on any atom is 0.251 e. The summed E-state index contributed by atoms with van der Waals surface area (Å²) in [6, 6.07) is 16.3. The van der Waals surface area contributed by atoms with Gasteiger partial charge in [-0.05, 0) is 35.9 Å². The highest BCUT2D eigenvalue weighted by atomic mass is 16.5. The Hall–Kier alpha value is -2.92. The maximum absolute atomic E-state index is 11.9. The molecule has 0 spiro atoms. The SMILES string of the molecule is COCCNC(=O)c1ccc(NC(=O)/C=C/c2ccccc2)cc1. The highest BCUT2D eigenvalue weighted by Gasteiger charge is 2.05. The van der Waals surface area contributed by atoms with Crippen LogP contribution in [-0.4, -0.2) is 32.1 Å². The summed E-state index contributed by atoms with van der Waals surface area (Å²) < 4.78 is 4.88. The molecule has 0 radical (unpaired) electrons. The number of rotatable bonds is 7. The van der Waals surface area contributed by atoms with E-state index in [1.165, 1.54) is 6.08 Å². The molecule has 0 fully saturated rings. The van der Waals surface area contributed by atoms with Crippen LogP contribution in [0.25, 0.3) is 6.08 Å². The number of amides is 2. The Morgan fingerprint density at radius 2 is 1.75 bits per heavy atom. The molecule has 0 aliphatic heterocycles. The quantitative estimate of drug-likeness (QED) is 0.608. The molecular weight excluding hydrogens is 304 g/mol. The lowest BCUT2D eigenvalue weighted by Crippen LogP contribution is -2.26. The average molecular weight is 324 g/mol. The van der Waals surface area contributed by atoms with Gasteiger partial charge in [-0.15, -0.1) is 0 Å². The Morgan fingerprint density at radius 1 is 1.04 bits per heavy atom. The van der Waals surface area contributed by atoms with Crippen LogP contribution >= 0.6 is 0 Å². The van der Waals surface area contributed by atoms with Crippen molar-refractivity contribution in [3.8, 4) is 0 Å². The molecule has 124 valence electrons. The average Bonchev–Trinajstić information content (AvgIpc) is 2.61. The van der Waals surface area contributed by atoms with E-state index in [2.05, 4.69) is 10.6 Å². The van der Waals surface area contributed by atoms with E-state index in [0.29, 0.717) is 24.4 Å². The van der Waals surface area contributed by atoms with Gasteiger partial charge in [-0.25, -0.2) is 0 Å². The smallest absolute Gasteiger partial charge is 0.251 e. The lowest BCUT2D eigenvalue weighted by molar-refractivity contribution is -0.111. The number of carbonyl (C=O) groups excluding carboxylic acids is 2. The predicted octanol–water partition coefficient (Wildman–Crippen LogP) is 2.71. The van der Waals surface area contributed by atoms with Crippen LogP contribution in [-0.2, 0) is 9.53 Å². The first kappa shape index (κ1) is 17.4. The molecule has 0 saturated carbocycles. The minimum Gasteiger partial charge on any atom is -0.383 e. The van der Waals surface area contributed by atoms with Crippen molar-refractivity contribution < 1.29 is 14.3 Å². The van der Waals surface area contributed by atoms with Gasteiger partial charge in [-0.2, -0.15) is 0 Å². The van der Waals surface area contributed by atoms with Crippen LogP contribution in [0.1, 0.15) is 15.9 Å². The molecule has 0 unspecified atom stereocenters. The van der Waals surface area contributed by atoms with Crippen molar-refractivity contribution in [2.45, 2.75) is 0 Å². The van der Waals surface area contributed by atoms with Gasteiger partial charge in [0.05, 0.1) is 6.61 Å². The number of ether oxygens (including phenoxy) is 1. The molecule has 0 bridgehead atoms. The highest BCUT2D eigenvalue weighted by molar-refractivity contribution is 6.02.